The molecule has 7 heteroatoms. The van der Waals surface area contributed by atoms with Gasteiger partial charge in [0, 0.05) is 31.7 Å². The summed E-state index contributed by atoms with van der Waals surface area (Å²) in [7, 11) is 0. The molecule has 2 saturated heterocycles. The van der Waals surface area contributed by atoms with Crippen molar-refractivity contribution in [2.45, 2.75) is 6.42 Å². The molecular formula is C22H22N4O3. The minimum atomic E-state index is -0.420. The van der Waals surface area contributed by atoms with E-state index in [0.717, 1.165) is 24.5 Å². The van der Waals surface area contributed by atoms with Crippen LogP contribution >= 0.6 is 0 Å². The molecule has 0 aliphatic carbocycles. The summed E-state index contributed by atoms with van der Waals surface area (Å²) in [6.07, 6.45) is 0.180. The molecule has 4 rings (SSSR count). The van der Waals surface area contributed by atoms with E-state index in [1.807, 2.05) is 30.3 Å². The van der Waals surface area contributed by atoms with E-state index in [0.29, 0.717) is 31.0 Å². The highest BCUT2D eigenvalue weighted by atomic mass is 16.5. The van der Waals surface area contributed by atoms with Gasteiger partial charge in [-0.2, -0.15) is 5.26 Å². The fourth-order valence-corrected chi connectivity index (χ4v) is 3.75. The zero-order valence-corrected chi connectivity index (χ0v) is 16.0. The van der Waals surface area contributed by atoms with Crippen LogP contribution in [0.5, 0.6) is 0 Å². The lowest BCUT2D eigenvalue weighted by molar-refractivity contribution is -0.122. The van der Waals surface area contributed by atoms with Gasteiger partial charge in [-0.15, -0.1) is 0 Å². The first kappa shape index (κ1) is 19.0. The zero-order valence-electron chi connectivity index (χ0n) is 16.0. The smallest absolute Gasteiger partial charge is 0.229 e. The number of anilines is 3. The molecule has 1 N–H and O–H groups in total. The SMILES string of the molecule is N#Cc1ccc(NC(=O)C2CC(=O)N(c3ccccc3N3CCOCC3)C2)cc1. The number of nitrogens with one attached hydrogen (secondary N) is 1. The minimum absolute atomic E-state index is 0.0503. The Labute approximate surface area is 169 Å². The molecule has 148 valence electrons. The third kappa shape index (κ3) is 4.08. The number of carbonyl (C=O) groups is 2. The van der Waals surface area contributed by atoms with Gasteiger partial charge in [0.1, 0.15) is 0 Å². The van der Waals surface area contributed by atoms with E-state index < -0.39 is 5.92 Å². The molecule has 0 aromatic heterocycles. The molecule has 2 amide bonds. The van der Waals surface area contributed by atoms with Crippen molar-refractivity contribution in [2.75, 3.05) is 48.0 Å². The van der Waals surface area contributed by atoms with Crippen molar-refractivity contribution in [3.05, 3.63) is 54.1 Å². The summed E-state index contributed by atoms with van der Waals surface area (Å²) in [6, 6.07) is 16.6. The highest BCUT2D eigenvalue weighted by molar-refractivity contribution is 6.05. The van der Waals surface area contributed by atoms with Crippen molar-refractivity contribution in [1.82, 2.24) is 0 Å². The van der Waals surface area contributed by atoms with Gasteiger partial charge in [-0.3, -0.25) is 9.59 Å². The lowest BCUT2D eigenvalue weighted by atomic mass is 10.1. The fraction of sp³-hybridized carbons (Fsp3) is 0.318. The number of hydrogen-bond donors (Lipinski definition) is 1. The van der Waals surface area contributed by atoms with Crippen LogP contribution < -0.4 is 15.1 Å². The summed E-state index contributed by atoms with van der Waals surface area (Å²) in [4.78, 5) is 29.4. The molecule has 0 saturated carbocycles. The Hall–Kier alpha value is -3.37. The summed E-state index contributed by atoms with van der Waals surface area (Å²) in [5.41, 5.74) is 2.99. The maximum atomic E-state index is 12.7. The van der Waals surface area contributed by atoms with Crippen molar-refractivity contribution in [2.24, 2.45) is 5.92 Å². The largest absolute Gasteiger partial charge is 0.378 e. The van der Waals surface area contributed by atoms with E-state index in [1.54, 1.807) is 29.2 Å². The maximum absolute atomic E-state index is 12.7. The molecule has 2 aliphatic rings. The zero-order chi connectivity index (χ0) is 20.2. The molecule has 0 spiro atoms. The lowest BCUT2D eigenvalue weighted by Gasteiger charge is -2.32. The van der Waals surface area contributed by atoms with Crippen molar-refractivity contribution in [3.63, 3.8) is 0 Å². The monoisotopic (exact) mass is 390 g/mol. The molecule has 2 aliphatic heterocycles. The highest BCUT2D eigenvalue weighted by Gasteiger charge is 2.36. The average Bonchev–Trinajstić information content (AvgIpc) is 3.16. The summed E-state index contributed by atoms with van der Waals surface area (Å²) in [6.45, 7) is 3.24. The van der Waals surface area contributed by atoms with Gasteiger partial charge in [-0.25, -0.2) is 0 Å². The molecule has 2 fully saturated rings. The summed E-state index contributed by atoms with van der Waals surface area (Å²) < 4.78 is 5.43. The Kier molecular flexibility index (Phi) is 5.45. The Balaban J connectivity index is 1.48. The second-order valence-corrected chi connectivity index (χ2v) is 7.17. The molecule has 2 aromatic rings. The van der Waals surface area contributed by atoms with Crippen LogP contribution in [-0.2, 0) is 14.3 Å². The van der Waals surface area contributed by atoms with Crippen LogP contribution in [0.15, 0.2) is 48.5 Å². The van der Waals surface area contributed by atoms with Crippen LogP contribution in [0.4, 0.5) is 17.1 Å². The molecule has 2 heterocycles. The first-order valence-electron chi connectivity index (χ1n) is 9.69. The van der Waals surface area contributed by atoms with E-state index in [1.165, 1.54) is 0 Å². The predicted octanol–water partition coefficient (Wildman–Crippen LogP) is 2.39. The number of ether oxygens (including phenoxy) is 1. The van der Waals surface area contributed by atoms with Gasteiger partial charge in [-0.1, -0.05) is 12.1 Å². The van der Waals surface area contributed by atoms with Gasteiger partial charge in [0.15, 0.2) is 0 Å². The molecule has 1 unspecified atom stereocenters. The van der Waals surface area contributed by atoms with Gasteiger partial charge < -0.3 is 19.9 Å². The van der Waals surface area contributed by atoms with E-state index in [9.17, 15) is 9.59 Å². The van der Waals surface area contributed by atoms with E-state index in [2.05, 4.69) is 10.2 Å². The Morgan fingerprint density at radius 2 is 1.76 bits per heavy atom. The van der Waals surface area contributed by atoms with Crippen LogP contribution in [0.25, 0.3) is 0 Å². The van der Waals surface area contributed by atoms with Gasteiger partial charge in [0.25, 0.3) is 0 Å². The van der Waals surface area contributed by atoms with Crippen LogP contribution in [0.1, 0.15) is 12.0 Å². The molecule has 0 radical (unpaired) electrons. The average molecular weight is 390 g/mol. The second-order valence-electron chi connectivity index (χ2n) is 7.17. The van der Waals surface area contributed by atoms with E-state index >= 15 is 0 Å². The topological polar surface area (TPSA) is 85.7 Å². The third-order valence-electron chi connectivity index (χ3n) is 5.30. The molecule has 2 aromatic carbocycles. The predicted molar refractivity (Wildman–Crippen MR) is 110 cm³/mol. The number of nitriles is 1. The van der Waals surface area contributed by atoms with Crippen LogP contribution in [0.3, 0.4) is 0 Å². The minimum Gasteiger partial charge on any atom is -0.378 e. The summed E-state index contributed by atoms with van der Waals surface area (Å²) in [5, 5.41) is 11.7. The first-order chi connectivity index (χ1) is 14.2. The van der Waals surface area contributed by atoms with Crippen molar-refractivity contribution < 1.29 is 14.3 Å². The number of morpholine rings is 1. The quantitative estimate of drug-likeness (QED) is 0.866. The van der Waals surface area contributed by atoms with Gasteiger partial charge >= 0.3 is 0 Å². The van der Waals surface area contributed by atoms with Gasteiger partial charge in [0.2, 0.25) is 11.8 Å². The number of benzene rings is 2. The van der Waals surface area contributed by atoms with Gasteiger partial charge in [0.05, 0.1) is 42.1 Å². The lowest BCUT2D eigenvalue weighted by Crippen LogP contribution is -2.38. The fourth-order valence-electron chi connectivity index (χ4n) is 3.75. The highest BCUT2D eigenvalue weighted by Crippen LogP contribution is 2.34. The number of para-hydroxylation sites is 2. The van der Waals surface area contributed by atoms with Crippen molar-refractivity contribution >= 4 is 28.9 Å². The molecule has 0 bridgehead atoms. The summed E-state index contributed by atoms with van der Waals surface area (Å²) in [5.74, 6) is -0.656. The van der Waals surface area contributed by atoms with E-state index in [4.69, 9.17) is 10.00 Å². The third-order valence-corrected chi connectivity index (χ3v) is 5.30. The maximum Gasteiger partial charge on any atom is 0.229 e. The van der Waals surface area contributed by atoms with Gasteiger partial charge in [-0.05, 0) is 36.4 Å². The molecule has 29 heavy (non-hydrogen) atoms. The van der Waals surface area contributed by atoms with Crippen LogP contribution in [-0.4, -0.2) is 44.7 Å². The molecule has 7 nitrogen and oxygen atoms in total. The number of rotatable bonds is 4. The van der Waals surface area contributed by atoms with Crippen molar-refractivity contribution in [1.29, 1.82) is 5.26 Å². The van der Waals surface area contributed by atoms with Crippen LogP contribution in [0, 0.1) is 17.2 Å². The first-order valence-corrected chi connectivity index (χ1v) is 9.69. The normalized spacial score (nSPS) is 19.1. The Morgan fingerprint density at radius 3 is 2.45 bits per heavy atom. The number of carbonyl (C=O) groups excluding carboxylic acids is 2. The Bertz CT molecular complexity index is 945. The Morgan fingerprint density at radius 1 is 1.07 bits per heavy atom. The number of hydrogen-bond acceptors (Lipinski definition) is 5. The van der Waals surface area contributed by atoms with Crippen LogP contribution in [0.2, 0.25) is 0 Å². The van der Waals surface area contributed by atoms with Crippen molar-refractivity contribution in [3.8, 4) is 6.07 Å². The van der Waals surface area contributed by atoms with E-state index in [-0.39, 0.29) is 18.2 Å². The molecule has 1 atom stereocenters. The molecular weight excluding hydrogens is 368 g/mol. The standard InChI is InChI=1S/C22H22N4O3/c23-14-16-5-7-18(8-6-16)24-22(28)17-13-21(27)26(15-17)20-4-2-1-3-19(20)25-9-11-29-12-10-25/h1-8,17H,9-13,15H2,(H,24,28). The number of nitrogens with zero attached hydrogens (tertiary/aromatic N) is 3. The summed E-state index contributed by atoms with van der Waals surface area (Å²) >= 11 is 0. The number of amides is 2. The second kappa shape index (κ2) is 8.33.